The van der Waals surface area contributed by atoms with Crippen LogP contribution in [-0.2, 0) is 0 Å². The molecule has 0 radical (unpaired) electrons. The summed E-state index contributed by atoms with van der Waals surface area (Å²) in [6.45, 7) is 7.59. The first-order chi connectivity index (χ1) is 15.6. The molecule has 0 amide bonds. The van der Waals surface area contributed by atoms with Gasteiger partial charge in [0.25, 0.3) is 0 Å². The minimum atomic E-state index is 0.569. The van der Waals surface area contributed by atoms with Crippen molar-refractivity contribution >= 4 is 27.6 Å². The van der Waals surface area contributed by atoms with Gasteiger partial charge in [-0.2, -0.15) is 5.10 Å². The van der Waals surface area contributed by atoms with Crippen LogP contribution in [-0.4, -0.2) is 39.7 Å². The zero-order valence-corrected chi connectivity index (χ0v) is 17.7. The molecule has 0 unspecified atom stereocenters. The number of H-pyrrole nitrogens is 2. The van der Waals surface area contributed by atoms with Crippen LogP contribution >= 0.6 is 0 Å². The molecule has 0 aliphatic heterocycles. The number of rotatable bonds is 5. The summed E-state index contributed by atoms with van der Waals surface area (Å²) in [7, 11) is 0. The van der Waals surface area contributed by atoms with E-state index in [1.807, 2.05) is 48.9 Å². The third kappa shape index (κ3) is 3.25. The van der Waals surface area contributed by atoms with Crippen LogP contribution in [0.25, 0.3) is 44.8 Å². The van der Waals surface area contributed by atoms with Gasteiger partial charge in [0.05, 0.1) is 46.8 Å². The summed E-state index contributed by atoms with van der Waals surface area (Å²) in [6, 6.07) is 3.87. The highest BCUT2D eigenvalue weighted by Gasteiger charge is 2.17. The molecule has 5 rings (SSSR count). The second-order valence-corrected chi connectivity index (χ2v) is 7.32. The highest BCUT2D eigenvalue weighted by Crippen LogP contribution is 2.28. The molecule has 0 saturated carbocycles. The number of nitrogens with zero attached hydrogens (tertiary/aromatic N) is 6. The molecule has 5 aromatic heterocycles. The van der Waals surface area contributed by atoms with Crippen molar-refractivity contribution in [1.82, 2.24) is 39.7 Å². The molecule has 5 aromatic rings. The first-order valence-corrected chi connectivity index (χ1v) is 10.0. The molecule has 0 bridgehead atoms. The van der Waals surface area contributed by atoms with Crippen LogP contribution in [0.1, 0.15) is 18.3 Å². The highest BCUT2D eigenvalue weighted by molar-refractivity contribution is 5.93. The average Bonchev–Trinajstić information content (AvgIpc) is 3.53. The van der Waals surface area contributed by atoms with Crippen LogP contribution in [0.5, 0.6) is 0 Å². The molecule has 32 heavy (non-hydrogen) atoms. The Hall–Kier alpha value is -4.53. The van der Waals surface area contributed by atoms with Gasteiger partial charge in [0.2, 0.25) is 0 Å². The lowest BCUT2D eigenvalue weighted by atomic mass is 10.1. The lowest BCUT2D eigenvalue weighted by molar-refractivity contribution is 1.05. The summed E-state index contributed by atoms with van der Waals surface area (Å²) in [5.74, 6) is 0.602. The maximum atomic E-state index is 5.94. The number of aromatic nitrogens is 8. The molecular weight excluding hydrogens is 402 g/mol. The number of pyridine rings is 2. The second kappa shape index (κ2) is 7.62. The molecule has 9 nitrogen and oxygen atoms in total. The van der Waals surface area contributed by atoms with Gasteiger partial charge in [0.15, 0.2) is 11.5 Å². The molecular formula is C23H21N9. The van der Waals surface area contributed by atoms with E-state index in [4.69, 9.17) is 15.7 Å². The molecule has 0 aromatic carbocycles. The monoisotopic (exact) mass is 423 g/mol. The summed E-state index contributed by atoms with van der Waals surface area (Å²) < 4.78 is 1.91. The van der Waals surface area contributed by atoms with Gasteiger partial charge >= 0.3 is 0 Å². The number of allylic oxidation sites excluding steroid dienone is 4. The normalized spacial score (nSPS) is 12.7. The number of nitrogens with two attached hydrogens (primary N) is 1. The van der Waals surface area contributed by atoms with Gasteiger partial charge < -0.3 is 15.3 Å². The Balaban J connectivity index is 1.64. The number of hydrogen-bond donors (Lipinski definition) is 3. The van der Waals surface area contributed by atoms with E-state index in [-0.39, 0.29) is 0 Å². The zero-order chi connectivity index (χ0) is 22.2. The molecule has 0 fully saturated rings. The van der Waals surface area contributed by atoms with E-state index >= 15 is 0 Å². The second-order valence-electron chi connectivity index (χ2n) is 7.32. The van der Waals surface area contributed by atoms with Crippen LogP contribution in [0.15, 0.2) is 67.6 Å². The van der Waals surface area contributed by atoms with Crippen LogP contribution in [0.2, 0.25) is 0 Å². The van der Waals surface area contributed by atoms with Crippen LogP contribution < -0.4 is 5.73 Å². The first-order valence-electron chi connectivity index (χ1n) is 10.0. The van der Waals surface area contributed by atoms with E-state index in [1.54, 1.807) is 24.8 Å². The Kier molecular flexibility index (Phi) is 4.63. The fourth-order valence-corrected chi connectivity index (χ4v) is 3.54. The number of fused-ring (bicyclic) bond motifs is 2. The fraction of sp³-hybridized carbons (Fsp3) is 0.0870. The topological polar surface area (TPSA) is 127 Å². The van der Waals surface area contributed by atoms with E-state index < -0.39 is 0 Å². The zero-order valence-electron chi connectivity index (χ0n) is 17.7. The Morgan fingerprint density at radius 2 is 2.03 bits per heavy atom. The maximum Gasteiger partial charge on any atom is 0.161 e. The third-order valence-electron chi connectivity index (χ3n) is 5.16. The van der Waals surface area contributed by atoms with E-state index in [0.717, 1.165) is 39.2 Å². The molecule has 0 spiro atoms. The molecule has 158 valence electrons. The number of imidazole rings is 2. The Labute approximate surface area is 183 Å². The average molecular weight is 423 g/mol. The smallest absolute Gasteiger partial charge is 0.161 e. The molecule has 0 atom stereocenters. The Morgan fingerprint density at radius 1 is 1.16 bits per heavy atom. The van der Waals surface area contributed by atoms with Crippen LogP contribution in [0, 0.1) is 6.92 Å². The van der Waals surface area contributed by atoms with Gasteiger partial charge in [0, 0.05) is 11.9 Å². The predicted molar refractivity (Wildman–Crippen MR) is 125 cm³/mol. The van der Waals surface area contributed by atoms with Gasteiger partial charge in [-0.25, -0.2) is 15.0 Å². The molecule has 0 aliphatic rings. The first kappa shape index (κ1) is 19.4. The SMILES string of the molecule is C=C/C(N)=C\C(=C/C)c1ccc2[nH]nc(-c3nc4c(-n5cnc(C)c5)cncc4[nH]3)c2n1. The Morgan fingerprint density at radius 3 is 2.78 bits per heavy atom. The van der Waals surface area contributed by atoms with Crippen molar-refractivity contribution in [2.24, 2.45) is 5.73 Å². The third-order valence-corrected chi connectivity index (χ3v) is 5.16. The number of nitrogens with one attached hydrogen (secondary N) is 2. The molecule has 4 N–H and O–H groups in total. The summed E-state index contributed by atoms with van der Waals surface area (Å²) in [5, 5.41) is 7.51. The van der Waals surface area contributed by atoms with Gasteiger partial charge in [-0.05, 0) is 43.7 Å². The van der Waals surface area contributed by atoms with Crippen molar-refractivity contribution in [3.63, 3.8) is 0 Å². The molecule has 0 aliphatic carbocycles. The van der Waals surface area contributed by atoms with Crippen LogP contribution in [0.4, 0.5) is 0 Å². The van der Waals surface area contributed by atoms with Crippen molar-refractivity contribution in [2.75, 3.05) is 0 Å². The molecule has 0 saturated heterocycles. The summed E-state index contributed by atoms with van der Waals surface area (Å²) >= 11 is 0. The quantitative estimate of drug-likeness (QED) is 0.369. The summed E-state index contributed by atoms with van der Waals surface area (Å²) in [5.41, 5.74) is 13.6. The van der Waals surface area contributed by atoms with Gasteiger partial charge in [0.1, 0.15) is 11.0 Å². The predicted octanol–water partition coefficient (Wildman–Crippen LogP) is 3.82. The van der Waals surface area contributed by atoms with Crippen LogP contribution in [0.3, 0.4) is 0 Å². The number of hydrogen-bond acceptors (Lipinski definition) is 6. The summed E-state index contributed by atoms with van der Waals surface area (Å²) in [4.78, 5) is 21.6. The Bertz CT molecular complexity index is 1530. The summed E-state index contributed by atoms with van der Waals surface area (Å²) in [6.07, 6.45) is 12.6. The fourth-order valence-electron chi connectivity index (χ4n) is 3.54. The van der Waals surface area contributed by atoms with Crippen molar-refractivity contribution in [3.05, 3.63) is 78.9 Å². The minimum Gasteiger partial charge on any atom is -0.399 e. The lowest BCUT2D eigenvalue weighted by Gasteiger charge is -2.03. The minimum absolute atomic E-state index is 0.569. The molecule has 5 heterocycles. The largest absolute Gasteiger partial charge is 0.399 e. The van der Waals surface area contributed by atoms with Gasteiger partial charge in [-0.15, -0.1) is 0 Å². The molecule has 9 heteroatoms. The van der Waals surface area contributed by atoms with Gasteiger partial charge in [-0.3, -0.25) is 10.1 Å². The van der Waals surface area contributed by atoms with E-state index in [0.29, 0.717) is 22.7 Å². The van der Waals surface area contributed by atoms with E-state index in [9.17, 15) is 0 Å². The van der Waals surface area contributed by atoms with Gasteiger partial charge in [-0.1, -0.05) is 12.7 Å². The lowest BCUT2D eigenvalue weighted by Crippen LogP contribution is -1.95. The van der Waals surface area contributed by atoms with E-state index in [1.165, 1.54) is 0 Å². The maximum absolute atomic E-state index is 5.94. The van der Waals surface area contributed by atoms with Crippen molar-refractivity contribution in [2.45, 2.75) is 13.8 Å². The number of aryl methyl sites for hydroxylation is 1. The number of aromatic amines is 2. The van der Waals surface area contributed by atoms with Crippen molar-refractivity contribution in [3.8, 4) is 17.2 Å². The van der Waals surface area contributed by atoms with Crippen molar-refractivity contribution in [1.29, 1.82) is 0 Å². The van der Waals surface area contributed by atoms with Crippen molar-refractivity contribution < 1.29 is 0 Å². The van der Waals surface area contributed by atoms with E-state index in [2.05, 4.69) is 31.7 Å². The standard InChI is InChI=1S/C23H21N9/c1-4-14(8-15(24)5-2)16-6-7-17-21(27-16)22(31-30-17)23-28-18-9-25-10-19(20(18)29-23)32-11-13(3)26-12-32/h4-12H,2,24H2,1,3H3,(H,28,29)(H,30,31)/b14-4+,15-8+. The highest BCUT2D eigenvalue weighted by atomic mass is 15.2.